The number of nitrogens with one attached hydrogen (secondary N) is 2. The number of pyridine rings is 1. The fraction of sp³-hybridized carbons (Fsp3) is 0.0526. The maximum atomic E-state index is 12.7. The van der Waals surface area contributed by atoms with Gasteiger partial charge in [0.25, 0.3) is 5.91 Å². The largest absolute Gasteiger partial charge is 0.321 e. The maximum absolute atomic E-state index is 12.7. The molecule has 2 aromatic carbocycles. The third kappa shape index (κ3) is 3.57. The molecular weight excluding hydrogens is 346 g/mol. The third-order valence-electron chi connectivity index (χ3n) is 3.89. The van der Waals surface area contributed by atoms with Crippen molar-refractivity contribution in [3.8, 4) is 0 Å². The van der Waals surface area contributed by atoms with Gasteiger partial charge in [-0.1, -0.05) is 36.0 Å². The van der Waals surface area contributed by atoms with E-state index in [4.69, 9.17) is 0 Å². The second-order valence-corrected chi connectivity index (χ2v) is 6.60. The van der Waals surface area contributed by atoms with Crippen LogP contribution in [-0.2, 0) is 5.75 Å². The van der Waals surface area contributed by atoms with Gasteiger partial charge in [-0.15, -0.1) is 0 Å². The van der Waals surface area contributed by atoms with Crippen LogP contribution in [0, 0.1) is 0 Å². The Bertz CT molecular complexity index is 1040. The van der Waals surface area contributed by atoms with Crippen LogP contribution in [0.25, 0.3) is 10.8 Å². The predicted molar refractivity (Wildman–Crippen MR) is 102 cm³/mol. The molecule has 0 radical (unpaired) electrons. The lowest BCUT2D eigenvalue weighted by atomic mass is 10.1. The molecule has 0 saturated heterocycles. The van der Waals surface area contributed by atoms with Crippen LogP contribution in [-0.4, -0.2) is 26.1 Å². The highest BCUT2D eigenvalue weighted by Crippen LogP contribution is 2.23. The molecule has 7 heteroatoms. The first-order valence-electron chi connectivity index (χ1n) is 8.01. The molecule has 128 valence electrons. The van der Waals surface area contributed by atoms with Crippen molar-refractivity contribution >= 4 is 34.1 Å². The number of nitrogens with zero attached hydrogens (tertiary/aromatic N) is 3. The smallest absolute Gasteiger partial charge is 0.255 e. The summed E-state index contributed by atoms with van der Waals surface area (Å²) < 4.78 is 0. The Hall–Kier alpha value is -3.19. The van der Waals surface area contributed by atoms with Crippen LogP contribution in [0.2, 0.25) is 0 Å². The van der Waals surface area contributed by atoms with E-state index in [9.17, 15) is 4.79 Å². The normalized spacial score (nSPS) is 10.8. The number of aromatic nitrogens is 4. The second-order valence-electron chi connectivity index (χ2n) is 5.64. The summed E-state index contributed by atoms with van der Waals surface area (Å²) >= 11 is 1.54. The van der Waals surface area contributed by atoms with Crippen molar-refractivity contribution in [3.63, 3.8) is 0 Å². The zero-order valence-corrected chi connectivity index (χ0v) is 14.5. The van der Waals surface area contributed by atoms with Crippen molar-refractivity contribution in [1.82, 2.24) is 20.2 Å². The monoisotopic (exact) mass is 361 g/mol. The Labute approximate surface area is 154 Å². The van der Waals surface area contributed by atoms with Crippen molar-refractivity contribution in [2.24, 2.45) is 0 Å². The molecule has 0 atom stereocenters. The molecule has 0 bridgehead atoms. The molecule has 2 heterocycles. The molecule has 0 unspecified atom stereocenters. The van der Waals surface area contributed by atoms with Crippen molar-refractivity contribution in [2.45, 2.75) is 10.9 Å². The first-order valence-corrected chi connectivity index (χ1v) is 8.99. The van der Waals surface area contributed by atoms with E-state index in [1.807, 2.05) is 48.5 Å². The maximum Gasteiger partial charge on any atom is 0.255 e. The Morgan fingerprint density at radius 1 is 1.15 bits per heavy atom. The number of benzene rings is 2. The molecule has 6 nitrogen and oxygen atoms in total. The Morgan fingerprint density at radius 2 is 2.08 bits per heavy atom. The van der Waals surface area contributed by atoms with Crippen LogP contribution in [0.15, 0.2) is 72.4 Å². The van der Waals surface area contributed by atoms with E-state index in [1.165, 1.54) is 18.1 Å². The van der Waals surface area contributed by atoms with Gasteiger partial charge >= 0.3 is 0 Å². The topological polar surface area (TPSA) is 83.6 Å². The van der Waals surface area contributed by atoms with Gasteiger partial charge in [0.05, 0.1) is 0 Å². The first-order chi connectivity index (χ1) is 12.8. The number of amides is 1. The zero-order chi connectivity index (χ0) is 17.8. The molecule has 4 aromatic rings. The van der Waals surface area contributed by atoms with Gasteiger partial charge in [0.2, 0.25) is 0 Å². The predicted octanol–water partition coefficient (Wildman–Crippen LogP) is 3.90. The summed E-state index contributed by atoms with van der Waals surface area (Å²) in [5.74, 6) is 0.566. The molecule has 0 fully saturated rings. The van der Waals surface area contributed by atoms with E-state index in [0.717, 1.165) is 27.2 Å². The number of fused-ring (bicyclic) bond motifs is 1. The average Bonchev–Trinajstić information content (AvgIpc) is 3.20. The van der Waals surface area contributed by atoms with Gasteiger partial charge < -0.3 is 5.32 Å². The van der Waals surface area contributed by atoms with Crippen LogP contribution >= 0.6 is 11.8 Å². The summed E-state index contributed by atoms with van der Waals surface area (Å²) in [4.78, 5) is 20.9. The highest BCUT2D eigenvalue weighted by atomic mass is 32.2. The number of hydrogen-bond donors (Lipinski definition) is 2. The van der Waals surface area contributed by atoms with E-state index < -0.39 is 0 Å². The van der Waals surface area contributed by atoms with Gasteiger partial charge in [-0.2, -0.15) is 5.10 Å². The molecule has 2 N–H and O–H groups in total. The second kappa shape index (κ2) is 7.37. The van der Waals surface area contributed by atoms with Crippen molar-refractivity contribution in [1.29, 1.82) is 0 Å². The Balaban J connectivity index is 1.51. The summed E-state index contributed by atoms with van der Waals surface area (Å²) in [7, 11) is 0. The van der Waals surface area contributed by atoms with Crippen molar-refractivity contribution in [2.75, 3.05) is 5.32 Å². The summed E-state index contributed by atoms with van der Waals surface area (Å²) in [6.45, 7) is 0. The zero-order valence-electron chi connectivity index (χ0n) is 13.7. The number of hydrogen-bond acceptors (Lipinski definition) is 5. The van der Waals surface area contributed by atoms with E-state index in [2.05, 4.69) is 25.5 Å². The summed E-state index contributed by atoms with van der Waals surface area (Å²) in [6, 6.07) is 15.3. The number of rotatable bonds is 5. The van der Waals surface area contributed by atoms with E-state index in [0.29, 0.717) is 11.3 Å². The lowest BCUT2D eigenvalue weighted by molar-refractivity contribution is 0.102. The highest BCUT2D eigenvalue weighted by Gasteiger charge is 2.09. The van der Waals surface area contributed by atoms with Crippen molar-refractivity contribution in [3.05, 3.63) is 78.4 Å². The van der Waals surface area contributed by atoms with Gasteiger partial charge in [-0.3, -0.25) is 14.9 Å². The van der Waals surface area contributed by atoms with E-state index >= 15 is 0 Å². The molecule has 0 aliphatic rings. The van der Waals surface area contributed by atoms with Crippen LogP contribution in [0.5, 0.6) is 0 Å². The van der Waals surface area contributed by atoms with Crippen molar-refractivity contribution < 1.29 is 4.79 Å². The molecule has 4 rings (SSSR count). The minimum atomic E-state index is -0.138. The Kier molecular flexibility index (Phi) is 4.61. The van der Waals surface area contributed by atoms with Gasteiger partial charge in [0, 0.05) is 40.2 Å². The van der Waals surface area contributed by atoms with E-state index in [1.54, 1.807) is 12.4 Å². The average molecular weight is 361 g/mol. The quantitative estimate of drug-likeness (QED) is 0.527. The van der Waals surface area contributed by atoms with Gasteiger partial charge in [0.1, 0.15) is 6.33 Å². The summed E-state index contributed by atoms with van der Waals surface area (Å²) in [5.41, 5.74) is 2.43. The molecular formula is C19H15N5OS. The highest BCUT2D eigenvalue weighted by molar-refractivity contribution is 7.98. The van der Waals surface area contributed by atoms with E-state index in [-0.39, 0.29) is 5.91 Å². The molecule has 26 heavy (non-hydrogen) atoms. The number of carbonyl (C=O) groups is 1. The lowest BCUT2D eigenvalue weighted by Gasteiger charge is -2.09. The Morgan fingerprint density at radius 3 is 2.96 bits per heavy atom. The fourth-order valence-corrected chi connectivity index (χ4v) is 3.37. The number of carbonyl (C=O) groups excluding carboxylic acids is 1. The summed E-state index contributed by atoms with van der Waals surface area (Å²) in [6.07, 6.45) is 4.98. The molecule has 0 aliphatic carbocycles. The van der Waals surface area contributed by atoms with Crippen LogP contribution < -0.4 is 5.32 Å². The van der Waals surface area contributed by atoms with Crippen LogP contribution in [0.4, 0.5) is 5.69 Å². The fourth-order valence-electron chi connectivity index (χ4n) is 2.64. The molecule has 0 spiro atoms. The molecule has 0 saturated carbocycles. The van der Waals surface area contributed by atoms with Crippen LogP contribution in [0.1, 0.15) is 15.9 Å². The number of aromatic amines is 1. The van der Waals surface area contributed by atoms with Gasteiger partial charge in [0.15, 0.2) is 5.16 Å². The molecule has 0 aliphatic heterocycles. The number of anilines is 1. The lowest BCUT2D eigenvalue weighted by Crippen LogP contribution is -2.12. The first kappa shape index (κ1) is 16.3. The third-order valence-corrected chi connectivity index (χ3v) is 4.83. The summed E-state index contributed by atoms with van der Waals surface area (Å²) in [5, 5.41) is 12.3. The molecule has 1 amide bonds. The van der Waals surface area contributed by atoms with Gasteiger partial charge in [-0.05, 0) is 29.8 Å². The minimum Gasteiger partial charge on any atom is -0.321 e. The van der Waals surface area contributed by atoms with Crippen LogP contribution in [0.3, 0.4) is 0 Å². The standard InChI is InChI=1S/C19H15N5OS/c25-18(23-17-6-2-5-15-10-20-8-7-16(15)17)14-4-1-3-13(9-14)11-26-19-21-12-22-24-19/h1-10,12H,11H2,(H,23,25)(H,21,22,24). The molecule has 2 aromatic heterocycles. The number of H-pyrrole nitrogens is 1. The number of thioether (sulfide) groups is 1. The SMILES string of the molecule is O=C(Nc1cccc2cnccc12)c1cccc(CSc2ncn[nH]2)c1. The van der Waals surface area contributed by atoms with Gasteiger partial charge in [-0.25, -0.2) is 4.98 Å². The minimum absolute atomic E-state index is 0.138.